The number of benzene rings is 1. The second-order valence-electron chi connectivity index (χ2n) is 2.80. The molecule has 0 fully saturated rings. The van der Waals surface area contributed by atoms with Crippen molar-refractivity contribution in [1.82, 2.24) is 0 Å². The number of hydrogen-bond donors (Lipinski definition) is 3. The molecule has 0 spiro atoms. The number of halogens is 1. The van der Waals surface area contributed by atoms with Crippen LogP contribution in [0, 0.1) is 5.82 Å². The Bertz CT molecular complexity index is 280. The van der Waals surface area contributed by atoms with Gasteiger partial charge in [-0.2, -0.15) is 0 Å². The molecule has 0 aliphatic heterocycles. The van der Waals surface area contributed by atoms with Crippen molar-refractivity contribution in [3.05, 3.63) is 35.6 Å². The fourth-order valence-electron chi connectivity index (χ4n) is 1.04. The molecule has 4 heteroatoms. The molecule has 0 saturated carbocycles. The molecule has 0 aliphatic carbocycles. The number of nitrogens with two attached hydrogens (primary N) is 1. The SMILES string of the molecule is NCC(O)C(O)c1cccc(F)c1. The predicted octanol–water partition coefficient (Wildman–Crippen LogP) is 0.179. The molecule has 2 atom stereocenters. The van der Waals surface area contributed by atoms with Crippen LogP contribution in [0.25, 0.3) is 0 Å². The standard InChI is InChI=1S/C9H12FNO2/c10-7-3-1-2-6(4-7)9(13)8(12)5-11/h1-4,8-9,12-13H,5,11H2. The average Bonchev–Trinajstić information content (AvgIpc) is 2.15. The van der Waals surface area contributed by atoms with Gasteiger partial charge >= 0.3 is 0 Å². The van der Waals surface area contributed by atoms with E-state index in [2.05, 4.69) is 0 Å². The summed E-state index contributed by atoms with van der Waals surface area (Å²) in [5.74, 6) is -0.444. The Labute approximate surface area is 75.6 Å². The zero-order valence-corrected chi connectivity index (χ0v) is 7.02. The van der Waals surface area contributed by atoms with Gasteiger partial charge in [-0.25, -0.2) is 4.39 Å². The molecule has 13 heavy (non-hydrogen) atoms. The van der Waals surface area contributed by atoms with Gasteiger partial charge in [-0.05, 0) is 17.7 Å². The normalized spacial score (nSPS) is 15.4. The van der Waals surface area contributed by atoms with Gasteiger partial charge in [-0.3, -0.25) is 0 Å². The maximum atomic E-state index is 12.7. The van der Waals surface area contributed by atoms with E-state index in [1.54, 1.807) is 0 Å². The van der Waals surface area contributed by atoms with E-state index in [-0.39, 0.29) is 6.54 Å². The van der Waals surface area contributed by atoms with Gasteiger partial charge in [0.25, 0.3) is 0 Å². The second-order valence-corrected chi connectivity index (χ2v) is 2.80. The highest BCUT2D eigenvalue weighted by Crippen LogP contribution is 2.16. The molecule has 0 radical (unpaired) electrons. The molecule has 72 valence electrons. The summed E-state index contributed by atoms with van der Waals surface area (Å²) >= 11 is 0. The molecule has 0 bridgehead atoms. The fourth-order valence-corrected chi connectivity index (χ4v) is 1.04. The molecule has 3 nitrogen and oxygen atoms in total. The largest absolute Gasteiger partial charge is 0.389 e. The van der Waals surface area contributed by atoms with Crippen molar-refractivity contribution in [3.8, 4) is 0 Å². The molecular weight excluding hydrogens is 173 g/mol. The number of hydrogen-bond acceptors (Lipinski definition) is 3. The summed E-state index contributed by atoms with van der Waals surface area (Å²) in [6.45, 7) is -0.0579. The van der Waals surface area contributed by atoms with Crippen LogP contribution in [0.1, 0.15) is 11.7 Å². The highest BCUT2D eigenvalue weighted by Gasteiger charge is 2.16. The number of aliphatic hydroxyl groups is 2. The molecule has 0 aromatic heterocycles. The van der Waals surface area contributed by atoms with Crippen molar-refractivity contribution in [2.45, 2.75) is 12.2 Å². The van der Waals surface area contributed by atoms with Crippen molar-refractivity contribution < 1.29 is 14.6 Å². The van der Waals surface area contributed by atoms with Crippen LogP contribution in [0.2, 0.25) is 0 Å². The topological polar surface area (TPSA) is 66.5 Å². The Morgan fingerprint density at radius 1 is 1.38 bits per heavy atom. The van der Waals surface area contributed by atoms with Crippen molar-refractivity contribution >= 4 is 0 Å². The summed E-state index contributed by atoms with van der Waals surface area (Å²) in [4.78, 5) is 0. The van der Waals surface area contributed by atoms with Crippen molar-refractivity contribution in [2.75, 3.05) is 6.54 Å². The van der Waals surface area contributed by atoms with Crippen LogP contribution < -0.4 is 5.73 Å². The highest BCUT2D eigenvalue weighted by atomic mass is 19.1. The summed E-state index contributed by atoms with van der Waals surface area (Å²) in [6.07, 6.45) is -2.18. The van der Waals surface area contributed by atoms with E-state index >= 15 is 0 Å². The monoisotopic (exact) mass is 185 g/mol. The van der Waals surface area contributed by atoms with E-state index in [4.69, 9.17) is 5.73 Å². The molecule has 0 amide bonds. The third-order valence-corrected chi connectivity index (χ3v) is 1.80. The molecule has 0 heterocycles. The van der Waals surface area contributed by atoms with Gasteiger partial charge in [-0.15, -0.1) is 0 Å². The summed E-state index contributed by atoms with van der Waals surface area (Å²) < 4.78 is 12.7. The summed E-state index contributed by atoms with van der Waals surface area (Å²) in [5, 5.41) is 18.6. The lowest BCUT2D eigenvalue weighted by Crippen LogP contribution is -2.27. The number of aliphatic hydroxyl groups excluding tert-OH is 2. The molecule has 4 N–H and O–H groups in total. The third-order valence-electron chi connectivity index (χ3n) is 1.80. The highest BCUT2D eigenvalue weighted by molar-refractivity contribution is 5.19. The van der Waals surface area contributed by atoms with Crippen molar-refractivity contribution in [1.29, 1.82) is 0 Å². The van der Waals surface area contributed by atoms with E-state index < -0.39 is 18.0 Å². The summed E-state index contributed by atoms with van der Waals surface area (Å²) in [7, 11) is 0. The first-order chi connectivity index (χ1) is 6.15. The first kappa shape index (κ1) is 10.1. The zero-order valence-electron chi connectivity index (χ0n) is 7.02. The Kier molecular flexibility index (Phi) is 3.36. The van der Waals surface area contributed by atoms with E-state index in [9.17, 15) is 14.6 Å². The van der Waals surface area contributed by atoms with Crippen LogP contribution in [0.15, 0.2) is 24.3 Å². The van der Waals surface area contributed by atoms with Crippen LogP contribution in [0.4, 0.5) is 4.39 Å². The van der Waals surface area contributed by atoms with Gasteiger partial charge in [0.15, 0.2) is 0 Å². The van der Waals surface area contributed by atoms with Crippen LogP contribution in [-0.2, 0) is 0 Å². The molecular formula is C9H12FNO2. The maximum absolute atomic E-state index is 12.7. The number of rotatable bonds is 3. The predicted molar refractivity (Wildman–Crippen MR) is 46.4 cm³/mol. The molecule has 1 aromatic rings. The first-order valence-corrected chi connectivity index (χ1v) is 3.97. The molecule has 1 rings (SSSR count). The lowest BCUT2D eigenvalue weighted by molar-refractivity contribution is 0.0242. The maximum Gasteiger partial charge on any atom is 0.123 e. The fraction of sp³-hybridized carbons (Fsp3) is 0.333. The lowest BCUT2D eigenvalue weighted by Gasteiger charge is -2.15. The van der Waals surface area contributed by atoms with E-state index in [0.29, 0.717) is 5.56 Å². The Hall–Kier alpha value is -0.970. The van der Waals surface area contributed by atoms with Gasteiger partial charge in [0.1, 0.15) is 11.9 Å². The minimum absolute atomic E-state index is 0.0579. The van der Waals surface area contributed by atoms with Crippen LogP contribution in [-0.4, -0.2) is 22.9 Å². The minimum atomic E-state index is -1.12. The summed E-state index contributed by atoms with van der Waals surface area (Å²) in [5.41, 5.74) is 5.48. The summed E-state index contributed by atoms with van der Waals surface area (Å²) in [6, 6.07) is 5.44. The first-order valence-electron chi connectivity index (χ1n) is 3.97. The molecule has 0 aliphatic rings. The van der Waals surface area contributed by atoms with Crippen LogP contribution >= 0.6 is 0 Å². The minimum Gasteiger partial charge on any atom is -0.389 e. The van der Waals surface area contributed by atoms with Gasteiger partial charge in [0.2, 0.25) is 0 Å². The smallest absolute Gasteiger partial charge is 0.123 e. The zero-order chi connectivity index (χ0) is 9.84. The van der Waals surface area contributed by atoms with Gasteiger partial charge in [0.05, 0.1) is 6.10 Å². The van der Waals surface area contributed by atoms with Crippen molar-refractivity contribution in [3.63, 3.8) is 0 Å². The van der Waals surface area contributed by atoms with Gasteiger partial charge in [0, 0.05) is 6.54 Å². The molecule has 0 saturated heterocycles. The molecule has 2 unspecified atom stereocenters. The molecule has 1 aromatic carbocycles. The second kappa shape index (κ2) is 4.32. The van der Waals surface area contributed by atoms with Gasteiger partial charge in [-0.1, -0.05) is 12.1 Å². The van der Waals surface area contributed by atoms with E-state index in [1.165, 1.54) is 24.3 Å². The lowest BCUT2D eigenvalue weighted by atomic mass is 10.0. The Morgan fingerprint density at radius 3 is 2.62 bits per heavy atom. The van der Waals surface area contributed by atoms with Gasteiger partial charge < -0.3 is 15.9 Å². The van der Waals surface area contributed by atoms with Crippen molar-refractivity contribution in [2.24, 2.45) is 5.73 Å². The quantitative estimate of drug-likeness (QED) is 0.629. The third kappa shape index (κ3) is 2.48. The average molecular weight is 185 g/mol. The van der Waals surface area contributed by atoms with E-state index in [0.717, 1.165) is 0 Å². The Morgan fingerprint density at radius 2 is 2.08 bits per heavy atom. The van der Waals surface area contributed by atoms with Crippen LogP contribution in [0.3, 0.4) is 0 Å². The Balaban J connectivity index is 2.82. The van der Waals surface area contributed by atoms with Crippen LogP contribution in [0.5, 0.6) is 0 Å². The van der Waals surface area contributed by atoms with E-state index in [1.807, 2.05) is 0 Å².